The van der Waals surface area contributed by atoms with E-state index in [-0.39, 0.29) is 5.54 Å². The number of anilines is 2. The first-order chi connectivity index (χ1) is 11.6. The van der Waals surface area contributed by atoms with Gasteiger partial charge in [-0.2, -0.15) is 5.26 Å². The van der Waals surface area contributed by atoms with E-state index in [1.54, 1.807) is 0 Å². The number of nitriles is 1. The van der Waals surface area contributed by atoms with Crippen molar-refractivity contribution >= 4 is 11.5 Å². The number of nitrogens with zero attached hydrogens (tertiary/aromatic N) is 5. The van der Waals surface area contributed by atoms with E-state index in [4.69, 9.17) is 9.47 Å². The summed E-state index contributed by atoms with van der Waals surface area (Å²) in [6.07, 6.45) is 2.83. The van der Waals surface area contributed by atoms with E-state index < -0.39 is 0 Å². The molecule has 3 saturated heterocycles. The van der Waals surface area contributed by atoms with E-state index in [1.807, 2.05) is 6.07 Å². The molecule has 0 N–H and O–H groups in total. The predicted octanol–water partition coefficient (Wildman–Crippen LogP) is 1.33. The third-order valence-electron chi connectivity index (χ3n) is 5.17. The minimum absolute atomic E-state index is 0.172. The van der Waals surface area contributed by atoms with Gasteiger partial charge in [-0.25, -0.2) is 0 Å². The van der Waals surface area contributed by atoms with Crippen molar-refractivity contribution < 1.29 is 9.47 Å². The highest BCUT2D eigenvalue weighted by Crippen LogP contribution is 2.33. The van der Waals surface area contributed by atoms with Crippen LogP contribution in [-0.2, 0) is 9.47 Å². The largest absolute Gasteiger partial charge is 0.377 e. The monoisotopic (exact) mass is 329 g/mol. The molecule has 0 spiro atoms. The van der Waals surface area contributed by atoms with Crippen LogP contribution in [0.2, 0.25) is 0 Å². The van der Waals surface area contributed by atoms with E-state index in [0.717, 1.165) is 44.0 Å². The first-order valence-electron chi connectivity index (χ1n) is 8.60. The first kappa shape index (κ1) is 15.6. The van der Waals surface area contributed by atoms with Gasteiger partial charge < -0.3 is 19.3 Å². The zero-order chi connectivity index (χ0) is 16.7. The lowest BCUT2D eigenvalue weighted by molar-refractivity contribution is 0.0301. The molecule has 2 bridgehead atoms. The van der Waals surface area contributed by atoms with Gasteiger partial charge in [0, 0.05) is 25.7 Å². The fraction of sp³-hybridized carbons (Fsp3) is 0.706. The van der Waals surface area contributed by atoms with Crippen molar-refractivity contribution in [1.82, 2.24) is 10.2 Å². The van der Waals surface area contributed by atoms with Gasteiger partial charge in [-0.3, -0.25) is 0 Å². The summed E-state index contributed by atoms with van der Waals surface area (Å²) < 4.78 is 11.5. The molecule has 3 aliphatic heterocycles. The minimum Gasteiger partial charge on any atom is -0.377 e. The van der Waals surface area contributed by atoms with Crippen molar-refractivity contribution in [3.63, 3.8) is 0 Å². The third kappa shape index (κ3) is 2.70. The summed E-state index contributed by atoms with van der Waals surface area (Å²) in [6.45, 7) is 8.00. The van der Waals surface area contributed by atoms with Crippen molar-refractivity contribution in [3.8, 4) is 6.07 Å². The second-order valence-corrected chi connectivity index (χ2v) is 7.43. The van der Waals surface area contributed by atoms with Gasteiger partial charge in [-0.15, -0.1) is 10.2 Å². The van der Waals surface area contributed by atoms with Crippen LogP contribution in [0.3, 0.4) is 0 Å². The lowest BCUT2D eigenvalue weighted by atomic mass is 10.0. The smallest absolute Gasteiger partial charge is 0.186 e. The van der Waals surface area contributed by atoms with Crippen LogP contribution >= 0.6 is 0 Å². The van der Waals surface area contributed by atoms with Gasteiger partial charge in [0.05, 0.1) is 36.6 Å². The average molecular weight is 329 g/mol. The third-order valence-corrected chi connectivity index (χ3v) is 5.17. The van der Waals surface area contributed by atoms with E-state index in [9.17, 15) is 5.26 Å². The van der Waals surface area contributed by atoms with Crippen LogP contribution in [0.5, 0.6) is 0 Å². The molecule has 2 unspecified atom stereocenters. The topological polar surface area (TPSA) is 74.5 Å². The second kappa shape index (κ2) is 5.87. The summed E-state index contributed by atoms with van der Waals surface area (Å²) >= 11 is 0. The zero-order valence-electron chi connectivity index (χ0n) is 14.2. The summed E-state index contributed by atoms with van der Waals surface area (Å²) in [4.78, 5) is 4.47. The highest BCUT2D eigenvalue weighted by Gasteiger charge is 2.36. The molecule has 0 aliphatic carbocycles. The molecular formula is C17H23N5O2. The summed E-state index contributed by atoms with van der Waals surface area (Å²) in [7, 11) is 0. The highest BCUT2D eigenvalue weighted by molar-refractivity contribution is 5.63. The Labute approximate surface area is 142 Å². The Balaban J connectivity index is 1.67. The molecule has 7 heteroatoms. The first-order valence-corrected chi connectivity index (χ1v) is 8.60. The van der Waals surface area contributed by atoms with Gasteiger partial charge in [-0.1, -0.05) is 0 Å². The molecule has 0 aromatic carbocycles. The molecule has 0 saturated carbocycles. The molecular weight excluding hydrogens is 306 g/mol. The molecule has 0 radical (unpaired) electrons. The van der Waals surface area contributed by atoms with Crippen molar-refractivity contribution in [1.29, 1.82) is 5.26 Å². The van der Waals surface area contributed by atoms with E-state index in [2.05, 4.69) is 39.9 Å². The molecule has 3 fully saturated rings. The number of hydrogen-bond donors (Lipinski definition) is 0. The molecule has 1 aromatic rings. The molecule has 7 nitrogen and oxygen atoms in total. The van der Waals surface area contributed by atoms with Crippen molar-refractivity contribution in [3.05, 3.63) is 11.8 Å². The Morgan fingerprint density at radius 2 is 2.00 bits per heavy atom. The Morgan fingerprint density at radius 3 is 2.67 bits per heavy atom. The lowest BCUT2D eigenvalue weighted by Gasteiger charge is -2.44. The molecule has 2 atom stereocenters. The number of morpholine rings is 2. The maximum atomic E-state index is 9.47. The van der Waals surface area contributed by atoms with Crippen LogP contribution in [0, 0.1) is 11.3 Å². The predicted molar refractivity (Wildman–Crippen MR) is 89.1 cm³/mol. The number of hydrogen-bond acceptors (Lipinski definition) is 7. The molecule has 1 aromatic heterocycles. The van der Waals surface area contributed by atoms with Crippen LogP contribution in [-0.4, -0.2) is 60.8 Å². The van der Waals surface area contributed by atoms with E-state index >= 15 is 0 Å². The molecule has 4 heterocycles. The van der Waals surface area contributed by atoms with Gasteiger partial charge in [0.1, 0.15) is 6.07 Å². The minimum atomic E-state index is -0.172. The van der Waals surface area contributed by atoms with Crippen molar-refractivity contribution in [2.75, 3.05) is 42.6 Å². The van der Waals surface area contributed by atoms with Gasteiger partial charge in [-0.05, 0) is 26.7 Å². The molecule has 128 valence electrons. The number of rotatable bonds is 2. The van der Waals surface area contributed by atoms with Crippen LogP contribution in [0.25, 0.3) is 0 Å². The molecule has 3 aliphatic rings. The zero-order valence-corrected chi connectivity index (χ0v) is 14.2. The summed E-state index contributed by atoms with van der Waals surface area (Å²) in [5.41, 5.74) is 1.06. The van der Waals surface area contributed by atoms with Gasteiger partial charge >= 0.3 is 0 Å². The second-order valence-electron chi connectivity index (χ2n) is 7.43. The lowest BCUT2D eigenvalue weighted by Crippen LogP contribution is -2.53. The maximum Gasteiger partial charge on any atom is 0.186 e. The summed E-state index contributed by atoms with van der Waals surface area (Å²) in [6, 6.07) is 4.21. The Morgan fingerprint density at radius 1 is 1.25 bits per heavy atom. The highest BCUT2D eigenvalue weighted by atomic mass is 16.5. The fourth-order valence-corrected chi connectivity index (χ4v) is 3.92. The van der Waals surface area contributed by atoms with Crippen LogP contribution < -0.4 is 9.80 Å². The Kier molecular flexibility index (Phi) is 3.82. The molecule has 0 amide bonds. The number of ether oxygens (including phenoxy) is 2. The standard InChI is InChI=1S/C17H23N5O2/c1-17(2)11-23-6-5-22(17)15-7-16(20-19-14(15)8-18)21-9-12-3-4-13(10-21)24-12/h7,12-13H,3-6,9-11H2,1-2H3. The van der Waals surface area contributed by atoms with Crippen LogP contribution in [0.1, 0.15) is 32.4 Å². The van der Waals surface area contributed by atoms with Gasteiger partial charge in [0.25, 0.3) is 0 Å². The molecule has 4 rings (SSSR count). The summed E-state index contributed by atoms with van der Waals surface area (Å²) in [5, 5.41) is 18.0. The van der Waals surface area contributed by atoms with Gasteiger partial charge in [0.15, 0.2) is 11.5 Å². The maximum absolute atomic E-state index is 9.47. The van der Waals surface area contributed by atoms with Crippen LogP contribution in [0.15, 0.2) is 6.07 Å². The normalized spacial score (nSPS) is 28.7. The van der Waals surface area contributed by atoms with Crippen molar-refractivity contribution in [2.24, 2.45) is 0 Å². The average Bonchev–Trinajstić information content (AvgIpc) is 2.92. The number of fused-ring (bicyclic) bond motifs is 2. The van der Waals surface area contributed by atoms with Crippen LogP contribution in [0.4, 0.5) is 11.5 Å². The van der Waals surface area contributed by atoms with Crippen molar-refractivity contribution in [2.45, 2.75) is 44.4 Å². The molecule has 24 heavy (non-hydrogen) atoms. The quantitative estimate of drug-likeness (QED) is 0.810. The van der Waals surface area contributed by atoms with E-state index in [1.165, 1.54) is 0 Å². The Hall–Kier alpha value is -1.91. The van der Waals surface area contributed by atoms with Gasteiger partial charge in [0.2, 0.25) is 0 Å². The fourth-order valence-electron chi connectivity index (χ4n) is 3.92. The number of aromatic nitrogens is 2. The Bertz CT molecular complexity index is 659. The summed E-state index contributed by atoms with van der Waals surface area (Å²) in [5.74, 6) is 0.839. The SMILES string of the molecule is CC1(C)COCCN1c1cc(N2CC3CCC(C2)O3)nnc1C#N. The van der Waals surface area contributed by atoms with E-state index in [0.29, 0.717) is 31.1 Å².